The molecule has 0 aliphatic heterocycles. The zero-order valence-corrected chi connectivity index (χ0v) is 34.3. The Bertz CT molecular complexity index is 891. The number of rotatable bonds is 39. The monoisotopic (exact) mass is 731 g/mol. The van der Waals surface area contributed by atoms with Crippen molar-refractivity contribution in [3.8, 4) is 0 Å². The first-order valence-electron chi connectivity index (χ1n) is 22.0. The molecular weight excluding hydrogens is 648 g/mol. The summed E-state index contributed by atoms with van der Waals surface area (Å²) in [4.78, 5) is 37.4. The van der Waals surface area contributed by atoms with Gasteiger partial charge in [0, 0.05) is 19.3 Å². The van der Waals surface area contributed by atoms with E-state index in [-0.39, 0.29) is 31.1 Å². The van der Waals surface area contributed by atoms with Gasteiger partial charge in [-0.1, -0.05) is 179 Å². The maximum atomic E-state index is 12.6. The number of hydrogen-bond donors (Lipinski definition) is 0. The van der Waals surface area contributed by atoms with Crippen molar-refractivity contribution in [3.05, 3.63) is 36.5 Å². The molecule has 6 nitrogen and oxygen atoms in total. The third-order valence-electron chi connectivity index (χ3n) is 9.40. The van der Waals surface area contributed by atoms with Crippen molar-refractivity contribution in [2.75, 3.05) is 13.2 Å². The van der Waals surface area contributed by atoms with Crippen LogP contribution in [-0.2, 0) is 28.6 Å². The first-order chi connectivity index (χ1) is 25.5. The average molecular weight is 731 g/mol. The van der Waals surface area contributed by atoms with Gasteiger partial charge in [0.15, 0.2) is 6.10 Å². The van der Waals surface area contributed by atoms with Crippen LogP contribution in [0, 0.1) is 0 Å². The molecule has 0 rings (SSSR count). The Morgan fingerprint density at radius 2 is 0.692 bits per heavy atom. The first-order valence-corrected chi connectivity index (χ1v) is 22.0. The van der Waals surface area contributed by atoms with Crippen LogP contribution >= 0.6 is 0 Å². The molecule has 0 amide bonds. The molecule has 0 aliphatic rings. The Morgan fingerprint density at radius 1 is 0.385 bits per heavy atom. The van der Waals surface area contributed by atoms with Crippen LogP contribution in [0.4, 0.5) is 0 Å². The van der Waals surface area contributed by atoms with Crippen molar-refractivity contribution in [1.29, 1.82) is 0 Å². The smallest absolute Gasteiger partial charge is 0.306 e. The van der Waals surface area contributed by atoms with Gasteiger partial charge in [-0.2, -0.15) is 0 Å². The average Bonchev–Trinajstić information content (AvgIpc) is 3.14. The summed E-state index contributed by atoms with van der Waals surface area (Å²) in [5, 5.41) is 0. The molecular formula is C46H82O6. The van der Waals surface area contributed by atoms with E-state index < -0.39 is 6.10 Å². The lowest BCUT2D eigenvalue weighted by molar-refractivity contribution is -0.167. The number of esters is 3. The molecule has 0 saturated heterocycles. The van der Waals surface area contributed by atoms with Crippen molar-refractivity contribution >= 4 is 17.9 Å². The topological polar surface area (TPSA) is 78.9 Å². The predicted octanol–water partition coefficient (Wildman–Crippen LogP) is 13.8. The number of ether oxygens (including phenoxy) is 3. The standard InChI is InChI=1S/C46H82O6/c1-4-7-10-13-15-17-19-20-21-22-23-24-25-26-27-29-30-33-36-39-45(48)51-42-43(41-50-44(47)38-35-32-12-9-6-3)52-46(49)40-37-34-31-28-18-16-14-11-8-5-2/h15,17,20-21,23-24,43H,4-14,16,18-19,22,25-42H2,1-3H3/b17-15-,21-20-,24-23-. The minimum Gasteiger partial charge on any atom is -0.462 e. The van der Waals surface area contributed by atoms with E-state index in [1.54, 1.807) is 0 Å². The molecule has 0 fully saturated rings. The van der Waals surface area contributed by atoms with E-state index in [2.05, 4.69) is 57.2 Å². The lowest BCUT2D eigenvalue weighted by Gasteiger charge is -2.18. The van der Waals surface area contributed by atoms with Gasteiger partial charge in [0.2, 0.25) is 0 Å². The highest BCUT2D eigenvalue weighted by atomic mass is 16.6. The zero-order valence-electron chi connectivity index (χ0n) is 34.3. The molecule has 6 heteroatoms. The number of unbranched alkanes of at least 4 members (excludes halogenated alkanes) is 22. The normalized spacial score (nSPS) is 12.3. The molecule has 0 spiro atoms. The second-order valence-corrected chi connectivity index (χ2v) is 14.6. The Kier molecular flexibility index (Phi) is 39.5. The van der Waals surface area contributed by atoms with Crippen LogP contribution in [0.25, 0.3) is 0 Å². The number of carbonyl (C=O) groups excluding carboxylic acids is 3. The van der Waals surface area contributed by atoms with Gasteiger partial charge in [0.05, 0.1) is 0 Å². The minimum absolute atomic E-state index is 0.0758. The SMILES string of the molecule is CCCCC/C=C\C/C=C\C/C=C\CCCCCCCCC(=O)OCC(COC(=O)CCCCCCC)OC(=O)CCCCCCCCCCCC. The Hall–Kier alpha value is -2.37. The van der Waals surface area contributed by atoms with Crippen molar-refractivity contribution in [2.24, 2.45) is 0 Å². The van der Waals surface area contributed by atoms with E-state index in [1.807, 2.05) is 0 Å². The molecule has 302 valence electrons. The van der Waals surface area contributed by atoms with E-state index in [0.717, 1.165) is 83.5 Å². The molecule has 0 aromatic heterocycles. The summed E-state index contributed by atoms with van der Waals surface area (Å²) in [6.45, 7) is 6.49. The van der Waals surface area contributed by atoms with Gasteiger partial charge in [-0.3, -0.25) is 14.4 Å². The molecule has 0 saturated carbocycles. The van der Waals surface area contributed by atoms with Crippen molar-refractivity contribution < 1.29 is 28.6 Å². The Labute approximate surface area is 321 Å². The lowest BCUT2D eigenvalue weighted by atomic mass is 10.1. The van der Waals surface area contributed by atoms with E-state index in [1.165, 1.54) is 96.3 Å². The van der Waals surface area contributed by atoms with E-state index in [9.17, 15) is 14.4 Å². The highest BCUT2D eigenvalue weighted by Crippen LogP contribution is 2.14. The third-order valence-corrected chi connectivity index (χ3v) is 9.40. The van der Waals surface area contributed by atoms with E-state index >= 15 is 0 Å². The highest BCUT2D eigenvalue weighted by Gasteiger charge is 2.19. The zero-order chi connectivity index (χ0) is 38.0. The summed E-state index contributed by atoms with van der Waals surface area (Å²) in [5.74, 6) is -0.904. The Morgan fingerprint density at radius 3 is 1.12 bits per heavy atom. The van der Waals surface area contributed by atoms with Crippen molar-refractivity contribution in [1.82, 2.24) is 0 Å². The minimum atomic E-state index is -0.768. The number of allylic oxidation sites excluding steroid dienone is 6. The molecule has 0 aliphatic carbocycles. The van der Waals surface area contributed by atoms with Crippen LogP contribution in [0.2, 0.25) is 0 Å². The highest BCUT2D eigenvalue weighted by molar-refractivity contribution is 5.71. The number of hydrogen-bond acceptors (Lipinski definition) is 6. The molecule has 0 aromatic rings. The summed E-state index contributed by atoms with van der Waals surface area (Å²) in [5.41, 5.74) is 0. The fraction of sp³-hybridized carbons (Fsp3) is 0.804. The van der Waals surface area contributed by atoms with Crippen molar-refractivity contribution in [2.45, 2.75) is 226 Å². The Balaban J connectivity index is 4.20. The van der Waals surface area contributed by atoms with Crippen molar-refractivity contribution in [3.63, 3.8) is 0 Å². The molecule has 1 atom stereocenters. The summed E-state index contributed by atoms with van der Waals surface area (Å²) >= 11 is 0. The van der Waals surface area contributed by atoms with Gasteiger partial charge in [0.25, 0.3) is 0 Å². The van der Waals surface area contributed by atoms with Crippen LogP contribution < -0.4 is 0 Å². The molecule has 0 heterocycles. The molecule has 1 unspecified atom stereocenters. The molecule has 0 radical (unpaired) electrons. The van der Waals surface area contributed by atoms with Gasteiger partial charge in [-0.25, -0.2) is 0 Å². The van der Waals surface area contributed by atoms with Crippen LogP contribution in [0.3, 0.4) is 0 Å². The fourth-order valence-electron chi connectivity index (χ4n) is 6.04. The summed E-state index contributed by atoms with van der Waals surface area (Å²) in [6, 6.07) is 0. The van der Waals surface area contributed by atoms with Gasteiger partial charge in [-0.05, 0) is 57.8 Å². The fourth-order valence-corrected chi connectivity index (χ4v) is 6.04. The third kappa shape index (κ3) is 38.9. The van der Waals surface area contributed by atoms with E-state index in [4.69, 9.17) is 14.2 Å². The van der Waals surface area contributed by atoms with Gasteiger partial charge in [-0.15, -0.1) is 0 Å². The molecule has 52 heavy (non-hydrogen) atoms. The van der Waals surface area contributed by atoms with Gasteiger partial charge >= 0.3 is 17.9 Å². The van der Waals surface area contributed by atoms with Gasteiger partial charge in [0.1, 0.15) is 13.2 Å². The maximum absolute atomic E-state index is 12.6. The van der Waals surface area contributed by atoms with Crippen LogP contribution in [0.1, 0.15) is 220 Å². The second-order valence-electron chi connectivity index (χ2n) is 14.6. The summed E-state index contributed by atoms with van der Waals surface area (Å²) < 4.78 is 16.5. The first kappa shape index (κ1) is 49.6. The van der Waals surface area contributed by atoms with Gasteiger partial charge < -0.3 is 14.2 Å². The van der Waals surface area contributed by atoms with Crippen LogP contribution in [0.15, 0.2) is 36.5 Å². The quantitative estimate of drug-likeness (QED) is 0.0271. The largest absolute Gasteiger partial charge is 0.462 e. The van der Waals surface area contributed by atoms with Crippen LogP contribution in [0.5, 0.6) is 0 Å². The van der Waals surface area contributed by atoms with E-state index in [0.29, 0.717) is 19.3 Å². The summed E-state index contributed by atoms with van der Waals surface area (Å²) in [6.07, 6.45) is 45.8. The summed E-state index contributed by atoms with van der Waals surface area (Å²) in [7, 11) is 0. The maximum Gasteiger partial charge on any atom is 0.306 e. The van der Waals surface area contributed by atoms with Crippen LogP contribution in [-0.4, -0.2) is 37.2 Å². The predicted molar refractivity (Wildman–Crippen MR) is 219 cm³/mol. The second kappa shape index (κ2) is 41.4. The molecule has 0 N–H and O–H groups in total. The molecule has 0 bridgehead atoms. The molecule has 0 aromatic carbocycles. The lowest BCUT2D eigenvalue weighted by Crippen LogP contribution is -2.30. The number of carbonyl (C=O) groups is 3.